The molecule has 1 nitrogen and oxygen atoms in total. The molecule has 128 valence electrons. The van der Waals surface area contributed by atoms with E-state index < -0.39 is 0 Å². The van der Waals surface area contributed by atoms with Gasteiger partial charge in [-0.1, -0.05) is 58.1 Å². The summed E-state index contributed by atoms with van der Waals surface area (Å²) in [5.74, 6) is 0. The molecule has 0 aromatic heterocycles. The summed E-state index contributed by atoms with van der Waals surface area (Å²) in [5, 5.41) is 0. The van der Waals surface area contributed by atoms with Gasteiger partial charge in [-0.15, -0.1) is 0 Å². The summed E-state index contributed by atoms with van der Waals surface area (Å²) in [6.07, 6.45) is 6.56. The van der Waals surface area contributed by atoms with Gasteiger partial charge in [-0.05, 0) is 0 Å². The molecule has 0 saturated heterocycles. The van der Waals surface area contributed by atoms with Crippen molar-refractivity contribution >= 4 is 0 Å². The third-order valence-electron chi connectivity index (χ3n) is 0.907. The van der Waals surface area contributed by atoms with Crippen molar-refractivity contribution in [3.8, 4) is 0 Å². The molecule has 0 heterocycles. The topological polar surface area (TPSA) is 9.23 Å². The first kappa shape index (κ1) is 125. The van der Waals surface area contributed by atoms with Gasteiger partial charge in [0.25, 0.3) is 0 Å². The van der Waals surface area contributed by atoms with Crippen molar-refractivity contribution in [1.29, 1.82) is 0 Å². The largest absolute Gasteiger partial charge is 0.416 e. The molecule has 0 aromatic carbocycles. The molecule has 0 atom stereocenters. The average Bonchev–Trinajstić information content (AvgIpc) is 1.81. The minimum atomic E-state index is 0. The molecule has 0 N–H and O–H groups in total. The third-order valence-corrected chi connectivity index (χ3v) is 0.907. The van der Waals surface area contributed by atoms with Crippen LogP contribution in [0.5, 0.6) is 0 Å². The molecule has 0 aliphatic rings. The van der Waals surface area contributed by atoms with Crippen molar-refractivity contribution in [1.82, 2.24) is 0 Å². The minimum absolute atomic E-state index is 0. The maximum absolute atomic E-state index is 4.81. The number of ether oxygens (including phenoxy) is 1. The molecule has 0 aliphatic carbocycles. The van der Waals surface area contributed by atoms with Crippen LogP contribution >= 0.6 is 0 Å². The smallest absolute Gasteiger partial charge is 0.0319 e. The Balaban J connectivity index is -0.00000000204. The first-order chi connectivity index (χ1) is 3.91. The maximum Gasteiger partial charge on any atom is 0.0319 e. The second-order valence-electron chi connectivity index (χ2n) is 1.68. The maximum atomic E-state index is 4.81. The summed E-state index contributed by atoms with van der Waals surface area (Å²) in [5.41, 5.74) is 0. The van der Waals surface area contributed by atoms with Crippen LogP contribution in [0.4, 0.5) is 0 Å². The molecule has 24 heavy (non-hydrogen) atoms. The van der Waals surface area contributed by atoms with E-state index in [1.54, 1.807) is 7.11 Å². The van der Waals surface area contributed by atoms with Crippen LogP contribution < -0.4 is 0 Å². The number of methoxy groups -OCH3 is 1. The van der Waals surface area contributed by atoms with Crippen molar-refractivity contribution in [2.24, 2.45) is 0 Å². The van der Waals surface area contributed by atoms with Gasteiger partial charge in [-0.25, -0.2) is 0 Å². The van der Waals surface area contributed by atoms with Crippen molar-refractivity contribution in [3.05, 3.63) is 12.8 Å². The van der Waals surface area contributed by atoms with E-state index in [4.69, 9.17) is 4.74 Å². The molecular formula is C13H38OY10-2. The zero-order chi connectivity index (χ0) is 6.24. The Labute approximate surface area is 410 Å². The average molecular weight is 1100 g/mol. The molecule has 0 unspecified atom stereocenters. The molecule has 0 rings (SSSR count). The van der Waals surface area contributed by atoms with Gasteiger partial charge in [-0.3, -0.25) is 0 Å². The summed E-state index contributed by atoms with van der Waals surface area (Å²) in [7, 11) is 1.71. The van der Waals surface area contributed by atoms with Gasteiger partial charge in [0.05, 0.1) is 0 Å². The van der Waals surface area contributed by atoms with E-state index in [0.717, 1.165) is 19.4 Å². The van der Waals surface area contributed by atoms with Gasteiger partial charge < -0.3 is 24.0 Å². The van der Waals surface area contributed by atoms with E-state index in [-0.39, 0.29) is 372 Å². The van der Waals surface area contributed by atoms with Crippen molar-refractivity contribution in [3.63, 3.8) is 0 Å². The fourth-order valence-electron chi connectivity index (χ4n) is 0.470. The van der Waals surface area contributed by atoms with Crippen LogP contribution in [0.2, 0.25) is 0 Å². The summed E-state index contributed by atoms with van der Waals surface area (Å²) >= 11 is 0. The number of hydrogen-bond donors (Lipinski definition) is 0. The van der Waals surface area contributed by atoms with E-state index in [2.05, 4.69) is 19.8 Å². The van der Waals surface area contributed by atoms with Crippen LogP contribution in [0, 0.1) is 12.8 Å². The van der Waals surface area contributed by atoms with Crippen LogP contribution in [0.3, 0.4) is 0 Å². The van der Waals surface area contributed by atoms with E-state index >= 15 is 0 Å². The molecule has 0 bridgehead atoms. The standard InChI is InChI=1S/C7H14O.6CH4.10Y/c1-3-4-5-6-7-8-2;;;;;;;;;;;;;;;;/h4,6H,3,5,7H2,1-2H3;6*1H4;;;;;;;;;;/q-2;;;;;;;;;;;;;;;;. The minimum Gasteiger partial charge on any atom is -0.416 e. The molecule has 0 saturated carbocycles. The van der Waals surface area contributed by atoms with Gasteiger partial charge in [0.15, 0.2) is 0 Å². The van der Waals surface area contributed by atoms with Gasteiger partial charge in [0.2, 0.25) is 0 Å². The number of rotatable bonds is 5. The molecule has 11 heteroatoms. The van der Waals surface area contributed by atoms with E-state index in [0.29, 0.717) is 0 Å². The molecular weight excluding hydrogens is 1060 g/mol. The van der Waals surface area contributed by atoms with E-state index in [9.17, 15) is 0 Å². The summed E-state index contributed by atoms with van der Waals surface area (Å²) < 4.78 is 4.81. The Morgan fingerprint density at radius 1 is 0.542 bits per heavy atom. The summed E-state index contributed by atoms with van der Waals surface area (Å²) in [6, 6.07) is 0. The van der Waals surface area contributed by atoms with Crippen LogP contribution in [-0.4, -0.2) is 13.7 Å². The predicted molar refractivity (Wildman–Crippen MR) is 75.8 cm³/mol. The molecule has 0 aromatic rings. The van der Waals surface area contributed by atoms with E-state index in [1.807, 2.05) is 0 Å². The predicted octanol–water partition coefficient (Wildman–Crippen LogP) is 5.63. The second-order valence-corrected chi connectivity index (χ2v) is 1.68. The zero-order valence-corrected chi connectivity index (χ0v) is 39.8. The summed E-state index contributed by atoms with van der Waals surface area (Å²) in [6.45, 7) is 2.91. The van der Waals surface area contributed by atoms with Crippen molar-refractivity contribution in [2.75, 3.05) is 13.7 Å². The van der Waals surface area contributed by atoms with Crippen LogP contribution in [0.1, 0.15) is 64.3 Å². The molecule has 0 fully saturated rings. The second kappa shape index (κ2) is 128. The molecule has 0 spiro atoms. The van der Waals surface area contributed by atoms with Crippen LogP contribution in [0.25, 0.3) is 0 Å². The van der Waals surface area contributed by atoms with Gasteiger partial charge in [-0.2, -0.15) is 6.42 Å². The Hall–Kier alpha value is 11.0. The zero-order valence-electron chi connectivity index (χ0n) is 11.5. The Morgan fingerprint density at radius 3 is 0.958 bits per heavy atom. The van der Waals surface area contributed by atoms with Crippen molar-refractivity contribution in [2.45, 2.75) is 64.3 Å². The SMILES string of the molecule is C.C.C.C.C.C.CC[CH-]C[CH-]COC.[Y].[Y].[Y].[Y].[Y].[Y].[Y].[Y].[Y].[Y]. The Kier molecular flexibility index (Phi) is 667. The van der Waals surface area contributed by atoms with Gasteiger partial charge in [0.1, 0.15) is 0 Å². The normalized spacial score (nSPS) is 3.25. The molecule has 0 amide bonds. The van der Waals surface area contributed by atoms with Crippen molar-refractivity contribution < 1.29 is 332 Å². The number of unbranched alkanes of at least 4 members (excludes halogenated alkanes) is 3. The third kappa shape index (κ3) is 132. The van der Waals surface area contributed by atoms with Crippen LogP contribution in [-0.2, 0) is 332 Å². The van der Waals surface area contributed by atoms with Crippen LogP contribution in [0.15, 0.2) is 0 Å². The summed E-state index contributed by atoms with van der Waals surface area (Å²) in [4.78, 5) is 0. The molecule has 10 radical (unpaired) electrons. The fourth-order valence-corrected chi connectivity index (χ4v) is 0.470. The first-order valence-electron chi connectivity index (χ1n) is 3.04. The van der Waals surface area contributed by atoms with E-state index in [1.165, 1.54) is 0 Å². The Bertz CT molecular complexity index is 53.7. The quantitative estimate of drug-likeness (QED) is 0.257. The van der Waals surface area contributed by atoms with Gasteiger partial charge >= 0.3 is 0 Å². The monoisotopic (exact) mass is 1100 g/mol. The first-order valence-corrected chi connectivity index (χ1v) is 3.04. The molecule has 0 aliphatic heterocycles. The van der Waals surface area contributed by atoms with Gasteiger partial charge in [0, 0.05) is 334 Å². The Morgan fingerprint density at radius 2 is 0.792 bits per heavy atom. The fraction of sp³-hybridized carbons (Fsp3) is 0.846. The number of hydrogen-bond acceptors (Lipinski definition) is 1.